The van der Waals surface area contributed by atoms with Gasteiger partial charge >= 0.3 is 0 Å². The average molecular weight is 311 g/mol. The number of halogens is 1. The normalized spacial score (nSPS) is 10.5. The Labute approximate surface area is 112 Å². The molecule has 1 aromatic heterocycles. The summed E-state index contributed by atoms with van der Waals surface area (Å²) in [5.74, 6) is 0. The zero-order chi connectivity index (χ0) is 13.0. The van der Waals surface area contributed by atoms with E-state index in [1.165, 1.54) is 12.1 Å². The highest BCUT2D eigenvalue weighted by Gasteiger charge is 2.08. The van der Waals surface area contributed by atoms with Gasteiger partial charge in [0.15, 0.2) is 0 Å². The molecule has 2 rings (SSSR count). The molecule has 0 fully saturated rings. The Kier molecular flexibility index (Phi) is 4.11. The van der Waals surface area contributed by atoms with Crippen molar-refractivity contribution in [3.8, 4) is 0 Å². The zero-order valence-corrected chi connectivity index (χ0v) is 11.0. The lowest BCUT2D eigenvalue weighted by molar-refractivity contribution is -0.384. The van der Waals surface area contributed by atoms with E-state index in [2.05, 4.69) is 21.2 Å². The lowest BCUT2D eigenvalue weighted by Gasteiger charge is -2.05. The topological polar surface area (TPSA) is 68.3 Å². The first-order valence-electron chi connectivity index (χ1n) is 5.31. The van der Waals surface area contributed by atoms with Crippen molar-refractivity contribution < 1.29 is 9.34 Å². The predicted octanol–water partition coefficient (Wildman–Crippen LogP) is 3.24. The van der Waals surface area contributed by atoms with E-state index in [0.29, 0.717) is 13.1 Å². The van der Waals surface area contributed by atoms with Gasteiger partial charge < -0.3 is 9.73 Å². The van der Waals surface area contributed by atoms with Gasteiger partial charge in [-0.1, -0.05) is 15.9 Å². The van der Waals surface area contributed by atoms with Gasteiger partial charge in [-0.3, -0.25) is 10.1 Å². The Balaban J connectivity index is 1.95. The molecule has 0 aliphatic carbocycles. The van der Waals surface area contributed by atoms with E-state index in [-0.39, 0.29) is 5.69 Å². The van der Waals surface area contributed by atoms with Crippen LogP contribution in [0.4, 0.5) is 5.69 Å². The molecule has 0 unspecified atom stereocenters. The number of furan rings is 1. The highest BCUT2D eigenvalue weighted by molar-refractivity contribution is 9.10. The molecule has 94 valence electrons. The zero-order valence-electron chi connectivity index (χ0n) is 9.43. The summed E-state index contributed by atoms with van der Waals surface area (Å²) in [6, 6.07) is 6.64. The van der Waals surface area contributed by atoms with Crippen molar-refractivity contribution in [1.29, 1.82) is 0 Å². The van der Waals surface area contributed by atoms with Gasteiger partial charge in [-0.2, -0.15) is 0 Å². The number of nitro benzene ring substituents is 1. The number of rotatable bonds is 5. The lowest BCUT2D eigenvalue weighted by atomic mass is 10.2. The van der Waals surface area contributed by atoms with Crippen LogP contribution in [0.5, 0.6) is 0 Å². The van der Waals surface area contributed by atoms with E-state index in [9.17, 15) is 10.1 Å². The fraction of sp³-hybridized carbons (Fsp3) is 0.167. The van der Waals surface area contributed by atoms with Crippen molar-refractivity contribution in [2.75, 3.05) is 0 Å². The molecule has 18 heavy (non-hydrogen) atoms. The van der Waals surface area contributed by atoms with Crippen molar-refractivity contribution >= 4 is 21.6 Å². The van der Waals surface area contributed by atoms with E-state index >= 15 is 0 Å². The maximum absolute atomic E-state index is 10.6. The van der Waals surface area contributed by atoms with Crippen LogP contribution >= 0.6 is 15.9 Å². The number of hydrogen-bond donors (Lipinski definition) is 1. The molecule has 0 bridgehead atoms. The predicted molar refractivity (Wildman–Crippen MR) is 70.0 cm³/mol. The van der Waals surface area contributed by atoms with E-state index in [4.69, 9.17) is 4.42 Å². The Bertz CT molecular complexity index is 540. The lowest BCUT2D eigenvalue weighted by Crippen LogP contribution is -2.12. The number of non-ortho nitro benzene ring substituents is 1. The molecular weight excluding hydrogens is 300 g/mol. The summed E-state index contributed by atoms with van der Waals surface area (Å²) in [5.41, 5.74) is 2.12. The number of benzene rings is 1. The fourth-order valence-corrected chi connectivity index (χ4v) is 2.03. The molecular formula is C12H11BrN2O3. The van der Waals surface area contributed by atoms with Crippen LogP contribution in [0.15, 0.2) is 45.7 Å². The van der Waals surface area contributed by atoms with E-state index in [0.717, 1.165) is 15.6 Å². The molecule has 1 N–H and O–H groups in total. The quantitative estimate of drug-likeness (QED) is 0.680. The fourth-order valence-electron chi connectivity index (χ4n) is 1.53. The molecule has 0 saturated heterocycles. The molecule has 0 aliphatic heterocycles. The van der Waals surface area contributed by atoms with E-state index < -0.39 is 4.92 Å². The van der Waals surface area contributed by atoms with Crippen LogP contribution in [0, 0.1) is 10.1 Å². The second kappa shape index (κ2) is 5.79. The van der Waals surface area contributed by atoms with Crippen molar-refractivity contribution in [2.45, 2.75) is 13.1 Å². The van der Waals surface area contributed by atoms with Crippen LogP contribution in [-0.4, -0.2) is 4.92 Å². The number of nitrogens with zero attached hydrogens (tertiary/aromatic N) is 1. The van der Waals surface area contributed by atoms with Gasteiger partial charge in [0.1, 0.15) is 0 Å². The van der Waals surface area contributed by atoms with Crippen molar-refractivity contribution in [1.82, 2.24) is 5.32 Å². The SMILES string of the molecule is O=[N+]([O-])c1ccc(CNCc2ccoc2)c(Br)c1. The minimum absolute atomic E-state index is 0.0838. The van der Waals surface area contributed by atoms with E-state index in [1.54, 1.807) is 18.6 Å². The third-order valence-electron chi connectivity index (χ3n) is 2.47. The summed E-state index contributed by atoms with van der Waals surface area (Å²) < 4.78 is 5.69. The highest BCUT2D eigenvalue weighted by atomic mass is 79.9. The van der Waals surface area contributed by atoms with Crippen LogP contribution in [0.1, 0.15) is 11.1 Å². The molecule has 0 aliphatic rings. The Morgan fingerprint density at radius 2 is 2.17 bits per heavy atom. The van der Waals surface area contributed by atoms with Gasteiger partial charge in [-0.15, -0.1) is 0 Å². The first-order chi connectivity index (χ1) is 8.66. The summed E-state index contributed by atoms with van der Waals surface area (Å²) in [6.45, 7) is 1.32. The summed E-state index contributed by atoms with van der Waals surface area (Å²) in [7, 11) is 0. The number of hydrogen-bond acceptors (Lipinski definition) is 4. The van der Waals surface area contributed by atoms with Crippen molar-refractivity contribution in [3.63, 3.8) is 0 Å². The number of nitrogens with one attached hydrogen (secondary N) is 1. The average Bonchev–Trinajstić information content (AvgIpc) is 2.84. The largest absolute Gasteiger partial charge is 0.472 e. The Morgan fingerprint density at radius 1 is 1.33 bits per heavy atom. The maximum atomic E-state index is 10.6. The third-order valence-corrected chi connectivity index (χ3v) is 3.21. The first kappa shape index (κ1) is 12.8. The summed E-state index contributed by atoms with van der Waals surface area (Å²) in [5, 5.41) is 13.8. The molecule has 5 nitrogen and oxygen atoms in total. The van der Waals surface area contributed by atoms with Gasteiger partial charge in [0.05, 0.1) is 17.4 Å². The third kappa shape index (κ3) is 3.18. The maximum Gasteiger partial charge on any atom is 0.270 e. The number of nitro groups is 1. The Hall–Kier alpha value is -1.66. The summed E-state index contributed by atoms with van der Waals surface area (Å²) in [4.78, 5) is 10.2. The van der Waals surface area contributed by atoms with Crippen LogP contribution in [0.2, 0.25) is 0 Å². The van der Waals surface area contributed by atoms with Gasteiger partial charge in [0.25, 0.3) is 5.69 Å². The minimum Gasteiger partial charge on any atom is -0.472 e. The van der Waals surface area contributed by atoms with Crippen LogP contribution < -0.4 is 5.32 Å². The second-order valence-corrected chi connectivity index (χ2v) is 4.62. The summed E-state index contributed by atoms with van der Waals surface area (Å²) in [6.07, 6.45) is 3.30. The van der Waals surface area contributed by atoms with Gasteiger partial charge in [-0.05, 0) is 17.7 Å². The first-order valence-corrected chi connectivity index (χ1v) is 6.11. The minimum atomic E-state index is -0.409. The van der Waals surface area contributed by atoms with Crippen molar-refractivity contribution in [2.24, 2.45) is 0 Å². The molecule has 0 amide bonds. The van der Waals surface area contributed by atoms with E-state index in [1.807, 2.05) is 6.07 Å². The molecule has 0 saturated carbocycles. The van der Waals surface area contributed by atoms with Gasteiger partial charge in [-0.25, -0.2) is 0 Å². The van der Waals surface area contributed by atoms with Crippen molar-refractivity contribution in [3.05, 3.63) is 62.5 Å². The molecule has 6 heteroatoms. The van der Waals surface area contributed by atoms with Crippen LogP contribution in [-0.2, 0) is 13.1 Å². The Morgan fingerprint density at radius 3 is 2.78 bits per heavy atom. The van der Waals surface area contributed by atoms with Gasteiger partial charge in [0.2, 0.25) is 0 Å². The molecule has 2 aromatic rings. The molecule has 0 atom stereocenters. The second-order valence-electron chi connectivity index (χ2n) is 3.77. The molecule has 0 radical (unpaired) electrons. The molecule has 0 spiro atoms. The molecule has 1 heterocycles. The van der Waals surface area contributed by atoms with Gasteiger partial charge in [0, 0.05) is 35.3 Å². The smallest absolute Gasteiger partial charge is 0.270 e. The monoisotopic (exact) mass is 310 g/mol. The molecule has 1 aromatic carbocycles. The highest BCUT2D eigenvalue weighted by Crippen LogP contribution is 2.22. The standard InChI is InChI=1S/C12H11BrN2O3/c13-12-5-11(15(16)17)2-1-10(12)7-14-6-9-3-4-18-8-9/h1-5,8,14H,6-7H2. The van der Waals surface area contributed by atoms with Crippen LogP contribution in [0.3, 0.4) is 0 Å². The van der Waals surface area contributed by atoms with Crippen LogP contribution in [0.25, 0.3) is 0 Å². The summed E-state index contributed by atoms with van der Waals surface area (Å²) >= 11 is 3.33.